The number of hydrogen-bond donors (Lipinski definition) is 1. The van der Waals surface area contributed by atoms with Crippen molar-refractivity contribution in [3.8, 4) is 5.69 Å². The molecule has 1 fully saturated rings. The van der Waals surface area contributed by atoms with Crippen molar-refractivity contribution in [3.05, 3.63) is 40.1 Å². The molecule has 1 atom stereocenters. The van der Waals surface area contributed by atoms with Crippen LogP contribution >= 0.6 is 23.2 Å². The van der Waals surface area contributed by atoms with E-state index in [0.717, 1.165) is 30.8 Å². The standard InChI is InChI=1S/C16H20Cl2N4O/c1-16(2,23)15-4-3-7-21(15)9-11-10-22(20-19-11)12-5-6-13(17)14(18)8-12/h5-6,8,10,15,23H,3-4,7,9H2,1-2H3/t15-/m0/s1. The summed E-state index contributed by atoms with van der Waals surface area (Å²) in [6.45, 7) is 5.37. The number of rotatable bonds is 4. The Bertz CT molecular complexity index is 696. The first-order valence-electron chi connectivity index (χ1n) is 7.67. The summed E-state index contributed by atoms with van der Waals surface area (Å²) < 4.78 is 1.69. The third kappa shape index (κ3) is 3.69. The molecule has 2 aromatic rings. The van der Waals surface area contributed by atoms with Gasteiger partial charge in [0.1, 0.15) is 0 Å². The lowest BCUT2D eigenvalue weighted by molar-refractivity contribution is -0.00537. The number of nitrogens with zero attached hydrogens (tertiary/aromatic N) is 4. The number of benzene rings is 1. The number of hydrogen-bond acceptors (Lipinski definition) is 4. The third-order valence-electron chi connectivity index (χ3n) is 4.25. The van der Waals surface area contributed by atoms with Crippen LogP contribution in [0.15, 0.2) is 24.4 Å². The van der Waals surface area contributed by atoms with Crippen molar-refractivity contribution in [1.82, 2.24) is 19.9 Å². The maximum atomic E-state index is 10.3. The number of aromatic nitrogens is 3. The van der Waals surface area contributed by atoms with Gasteiger partial charge in [-0.3, -0.25) is 4.90 Å². The quantitative estimate of drug-likeness (QED) is 0.914. The molecule has 0 amide bonds. The Morgan fingerprint density at radius 2 is 2.09 bits per heavy atom. The smallest absolute Gasteiger partial charge is 0.0971 e. The van der Waals surface area contributed by atoms with E-state index in [4.69, 9.17) is 23.2 Å². The summed E-state index contributed by atoms with van der Waals surface area (Å²) in [6.07, 6.45) is 3.99. The molecule has 0 unspecified atom stereocenters. The summed E-state index contributed by atoms with van der Waals surface area (Å²) >= 11 is 12.0. The lowest BCUT2D eigenvalue weighted by atomic mass is 9.96. The van der Waals surface area contributed by atoms with Gasteiger partial charge in [0, 0.05) is 12.6 Å². The van der Waals surface area contributed by atoms with Gasteiger partial charge in [0.15, 0.2) is 0 Å². The van der Waals surface area contributed by atoms with Crippen molar-refractivity contribution >= 4 is 23.2 Å². The zero-order chi connectivity index (χ0) is 16.6. The predicted molar refractivity (Wildman–Crippen MR) is 91.1 cm³/mol. The molecule has 1 saturated heterocycles. The Morgan fingerprint density at radius 3 is 2.78 bits per heavy atom. The molecule has 0 saturated carbocycles. The molecule has 124 valence electrons. The van der Waals surface area contributed by atoms with Gasteiger partial charge in [-0.1, -0.05) is 28.4 Å². The Morgan fingerprint density at radius 1 is 1.30 bits per heavy atom. The van der Waals surface area contributed by atoms with Crippen LogP contribution in [0.2, 0.25) is 10.0 Å². The molecule has 0 bridgehead atoms. The van der Waals surface area contributed by atoms with E-state index in [9.17, 15) is 5.11 Å². The average Bonchev–Trinajstić information content (AvgIpc) is 3.11. The summed E-state index contributed by atoms with van der Waals surface area (Å²) in [6, 6.07) is 5.50. The fourth-order valence-corrected chi connectivity index (χ4v) is 3.44. The molecule has 2 heterocycles. The predicted octanol–water partition coefficient (Wildman–Crippen LogP) is 3.31. The summed E-state index contributed by atoms with van der Waals surface area (Å²) in [7, 11) is 0. The van der Waals surface area contributed by atoms with Crippen molar-refractivity contribution in [1.29, 1.82) is 0 Å². The Kier molecular flexibility index (Phi) is 4.65. The lowest BCUT2D eigenvalue weighted by Crippen LogP contribution is -2.45. The highest BCUT2D eigenvalue weighted by atomic mass is 35.5. The van der Waals surface area contributed by atoms with Gasteiger partial charge in [-0.15, -0.1) is 5.10 Å². The van der Waals surface area contributed by atoms with Crippen LogP contribution in [-0.4, -0.2) is 43.2 Å². The van der Waals surface area contributed by atoms with E-state index >= 15 is 0 Å². The zero-order valence-corrected chi connectivity index (χ0v) is 14.7. The first-order chi connectivity index (χ1) is 10.8. The Hall–Kier alpha value is -1.14. The van der Waals surface area contributed by atoms with Gasteiger partial charge >= 0.3 is 0 Å². The molecule has 0 aliphatic carbocycles. The second-order valence-electron chi connectivity index (χ2n) is 6.54. The molecule has 0 spiro atoms. The van der Waals surface area contributed by atoms with E-state index in [1.54, 1.807) is 16.8 Å². The minimum Gasteiger partial charge on any atom is -0.389 e. The van der Waals surface area contributed by atoms with Crippen molar-refractivity contribution in [3.63, 3.8) is 0 Å². The molecular formula is C16H20Cl2N4O. The van der Waals surface area contributed by atoms with Gasteiger partial charge < -0.3 is 5.11 Å². The molecule has 1 aliphatic rings. The van der Waals surface area contributed by atoms with Crippen molar-refractivity contribution < 1.29 is 5.11 Å². The molecule has 7 heteroatoms. The largest absolute Gasteiger partial charge is 0.389 e. The number of aliphatic hydroxyl groups is 1. The SMILES string of the molecule is CC(C)(O)[C@@H]1CCCN1Cc1cn(-c2ccc(Cl)c(Cl)c2)nn1. The first-order valence-corrected chi connectivity index (χ1v) is 8.43. The van der Waals surface area contributed by atoms with Crippen LogP contribution in [-0.2, 0) is 6.54 Å². The van der Waals surface area contributed by atoms with Gasteiger partial charge in [0.05, 0.1) is 33.2 Å². The van der Waals surface area contributed by atoms with Crippen LogP contribution in [0.1, 0.15) is 32.4 Å². The number of halogens is 2. The van der Waals surface area contributed by atoms with E-state index in [0.29, 0.717) is 16.6 Å². The van der Waals surface area contributed by atoms with Gasteiger partial charge in [0.2, 0.25) is 0 Å². The number of likely N-dealkylation sites (tertiary alicyclic amines) is 1. The van der Waals surface area contributed by atoms with Crippen LogP contribution in [0.3, 0.4) is 0 Å². The van der Waals surface area contributed by atoms with Gasteiger partial charge in [0.25, 0.3) is 0 Å². The summed E-state index contributed by atoms with van der Waals surface area (Å²) in [4.78, 5) is 2.27. The fourth-order valence-electron chi connectivity index (χ4n) is 3.15. The fraction of sp³-hybridized carbons (Fsp3) is 0.500. The third-order valence-corrected chi connectivity index (χ3v) is 4.99. The highest BCUT2D eigenvalue weighted by Gasteiger charge is 2.35. The zero-order valence-electron chi connectivity index (χ0n) is 13.2. The van der Waals surface area contributed by atoms with Crippen LogP contribution in [0.25, 0.3) is 5.69 Å². The van der Waals surface area contributed by atoms with Crippen molar-refractivity contribution in [2.24, 2.45) is 0 Å². The van der Waals surface area contributed by atoms with E-state index in [1.165, 1.54) is 0 Å². The summed E-state index contributed by atoms with van der Waals surface area (Å²) in [5, 5.41) is 19.7. The van der Waals surface area contributed by atoms with E-state index in [-0.39, 0.29) is 6.04 Å². The highest BCUT2D eigenvalue weighted by Crippen LogP contribution is 2.28. The maximum Gasteiger partial charge on any atom is 0.0971 e. The Balaban J connectivity index is 1.76. The first kappa shape index (κ1) is 16.7. The molecule has 0 radical (unpaired) electrons. The Labute approximate surface area is 145 Å². The van der Waals surface area contributed by atoms with Gasteiger partial charge in [-0.05, 0) is 51.4 Å². The summed E-state index contributed by atoms with van der Waals surface area (Å²) in [5.74, 6) is 0. The summed E-state index contributed by atoms with van der Waals surface area (Å²) in [5.41, 5.74) is 0.974. The second kappa shape index (κ2) is 6.40. The second-order valence-corrected chi connectivity index (χ2v) is 7.35. The van der Waals surface area contributed by atoms with Crippen molar-refractivity contribution in [2.75, 3.05) is 6.54 Å². The molecular weight excluding hydrogens is 335 g/mol. The van der Waals surface area contributed by atoms with Crippen LogP contribution < -0.4 is 0 Å². The minimum absolute atomic E-state index is 0.151. The molecule has 3 rings (SSSR count). The topological polar surface area (TPSA) is 54.2 Å². The lowest BCUT2D eigenvalue weighted by Gasteiger charge is -2.33. The highest BCUT2D eigenvalue weighted by molar-refractivity contribution is 6.42. The van der Waals surface area contributed by atoms with Crippen molar-refractivity contribution in [2.45, 2.75) is 44.9 Å². The molecule has 1 aromatic carbocycles. The monoisotopic (exact) mass is 354 g/mol. The molecule has 1 aliphatic heterocycles. The van der Waals surface area contributed by atoms with E-state index in [1.807, 2.05) is 26.1 Å². The normalized spacial score (nSPS) is 19.4. The van der Waals surface area contributed by atoms with Crippen LogP contribution in [0.5, 0.6) is 0 Å². The molecule has 1 aromatic heterocycles. The molecule has 23 heavy (non-hydrogen) atoms. The van der Waals surface area contributed by atoms with Crippen LogP contribution in [0.4, 0.5) is 0 Å². The molecule has 1 N–H and O–H groups in total. The maximum absolute atomic E-state index is 10.3. The minimum atomic E-state index is -0.712. The van der Waals surface area contributed by atoms with E-state index in [2.05, 4.69) is 15.2 Å². The van der Waals surface area contributed by atoms with Crippen LogP contribution in [0, 0.1) is 0 Å². The molecule has 5 nitrogen and oxygen atoms in total. The van der Waals surface area contributed by atoms with Gasteiger partial charge in [-0.25, -0.2) is 4.68 Å². The average molecular weight is 355 g/mol. The van der Waals surface area contributed by atoms with Gasteiger partial charge in [-0.2, -0.15) is 0 Å². The van der Waals surface area contributed by atoms with E-state index < -0.39 is 5.60 Å².